The zero-order valence-electron chi connectivity index (χ0n) is 10.9. The van der Waals surface area contributed by atoms with E-state index in [1.54, 1.807) is 0 Å². The number of nitrogens with two attached hydrogens (primary N) is 1. The minimum absolute atomic E-state index is 0.590. The molecule has 1 aromatic carbocycles. The van der Waals surface area contributed by atoms with Gasteiger partial charge in [0.05, 0.1) is 18.9 Å². The van der Waals surface area contributed by atoms with Gasteiger partial charge in [0, 0.05) is 19.3 Å². The number of hydrogen-bond acceptors (Lipinski definition) is 4. The van der Waals surface area contributed by atoms with Gasteiger partial charge < -0.3 is 19.9 Å². The first kappa shape index (κ1) is 13.0. The molecule has 1 heterocycles. The number of nitrogen functional groups attached to an aromatic ring is 1. The number of benzene rings is 1. The smallest absolute Gasteiger partial charge is 0.145 e. The second kappa shape index (κ2) is 6.50. The first-order valence-electron chi connectivity index (χ1n) is 6.52. The van der Waals surface area contributed by atoms with Crippen molar-refractivity contribution in [2.45, 2.75) is 19.8 Å². The second-order valence-electron chi connectivity index (χ2n) is 4.50. The summed E-state index contributed by atoms with van der Waals surface area (Å²) in [6.45, 7) is 4.97. The minimum Gasteiger partial charge on any atom is -0.493 e. The molecule has 18 heavy (non-hydrogen) atoms. The standard InChI is InChI=1S/C14H21NO3/c1-2-17-14-9-12(3-4-13(14)15)18-10-11-5-7-16-8-6-11/h3-4,9,11H,2,5-8,10,15H2,1H3. The SMILES string of the molecule is CCOc1cc(OCC2CCOCC2)ccc1N. The normalized spacial score (nSPS) is 16.5. The molecule has 4 nitrogen and oxygen atoms in total. The maximum atomic E-state index is 5.82. The Hall–Kier alpha value is -1.42. The van der Waals surface area contributed by atoms with Crippen LogP contribution in [0, 0.1) is 5.92 Å². The maximum absolute atomic E-state index is 5.82. The van der Waals surface area contributed by atoms with E-state index in [-0.39, 0.29) is 0 Å². The summed E-state index contributed by atoms with van der Waals surface area (Å²) < 4.78 is 16.6. The molecule has 2 N–H and O–H groups in total. The molecule has 0 saturated carbocycles. The quantitative estimate of drug-likeness (QED) is 0.817. The molecule has 1 aliphatic rings. The van der Waals surface area contributed by atoms with Gasteiger partial charge in [-0.25, -0.2) is 0 Å². The molecule has 0 radical (unpaired) electrons. The topological polar surface area (TPSA) is 53.7 Å². The molecular weight excluding hydrogens is 230 g/mol. The van der Waals surface area contributed by atoms with E-state index in [1.165, 1.54) is 0 Å². The summed E-state index contributed by atoms with van der Waals surface area (Å²) in [5.74, 6) is 2.10. The summed E-state index contributed by atoms with van der Waals surface area (Å²) in [7, 11) is 0. The van der Waals surface area contributed by atoms with E-state index in [1.807, 2.05) is 25.1 Å². The zero-order valence-corrected chi connectivity index (χ0v) is 10.9. The highest BCUT2D eigenvalue weighted by atomic mass is 16.5. The zero-order chi connectivity index (χ0) is 12.8. The van der Waals surface area contributed by atoms with Gasteiger partial charge in [0.2, 0.25) is 0 Å². The molecule has 0 aliphatic carbocycles. The predicted octanol–water partition coefficient (Wildman–Crippen LogP) is 2.47. The largest absolute Gasteiger partial charge is 0.493 e. The van der Waals surface area contributed by atoms with Crippen molar-refractivity contribution in [3.8, 4) is 11.5 Å². The average molecular weight is 251 g/mol. The van der Waals surface area contributed by atoms with E-state index in [4.69, 9.17) is 19.9 Å². The second-order valence-corrected chi connectivity index (χ2v) is 4.50. The van der Waals surface area contributed by atoms with Crippen molar-refractivity contribution in [2.75, 3.05) is 32.2 Å². The lowest BCUT2D eigenvalue weighted by atomic mass is 10.0. The first-order valence-corrected chi connectivity index (χ1v) is 6.52. The number of ether oxygens (including phenoxy) is 3. The van der Waals surface area contributed by atoms with Gasteiger partial charge in [0.15, 0.2) is 0 Å². The molecule has 1 saturated heterocycles. The Labute approximate surface area is 108 Å². The summed E-state index contributed by atoms with van der Waals surface area (Å²) in [4.78, 5) is 0. The van der Waals surface area contributed by atoms with Crippen LogP contribution in [0.25, 0.3) is 0 Å². The van der Waals surface area contributed by atoms with E-state index < -0.39 is 0 Å². The Morgan fingerprint density at radius 3 is 2.78 bits per heavy atom. The van der Waals surface area contributed by atoms with Crippen molar-refractivity contribution in [3.05, 3.63) is 18.2 Å². The van der Waals surface area contributed by atoms with Crippen LogP contribution in [0.4, 0.5) is 5.69 Å². The Bertz CT molecular complexity index is 375. The molecular formula is C14H21NO3. The van der Waals surface area contributed by atoms with Crippen molar-refractivity contribution in [1.82, 2.24) is 0 Å². The van der Waals surface area contributed by atoms with Gasteiger partial charge in [-0.1, -0.05) is 0 Å². The third kappa shape index (κ3) is 3.53. The first-order chi connectivity index (χ1) is 8.79. The fourth-order valence-corrected chi connectivity index (χ4v) is 2.01. The Kier molecular flexibility index (Phi) is 4.70. The van der Waals surface area contributed by atoms with Crippen molar-refractivity contribution in [3.63, 3.8) is 0 Å². The van der Waals surface area contributed by atoms with Crippen LogP contribution in [-0.2, 0) is 4.74 Å². The molecule has 1 aromatic rings. The highest BCUT2D eigenvalue weighted by Gasteiger charge is 2.14. The summed E-state index contributed by atoms with van der Waals surface area (Å²) in [5, 5.41) is 0. The fourth-order valence-electron chi connectivity index (χ4n) is 2.01. The van der Waals surface area contributed by atoms with Crippen LogP contribution < -0.4 is 15.2 Å². The van der Waals surface area contributed by atoms with E-state index in [0.717, 1.165) is 38.4 Å². The predicted molar refractivity (Wildman–Crippen MR) is 71.1 cm³/mol. The number of anilines is 1. The van der Waals surface area contributed by atoms with E-state index >= 15 is 0 Å². The van der Waals surface area contributed by atoms with Crippen LogP contribution in [0.5, 0.6) is 11.5 Å². The van der Waals surface area contributed by atoms with Crippen molar-refractivity contribution in [1.29, 1.82) is 0 Å². The molecule has 4 heteroatoms. The van der Waals surface area contributed by atoms with Crippen LogP contribution in [0.1, 0.15) is 19.8 Å². The third-order valence-electron chi connectivity index (χ3n) is 3.11. The summed E-state index contributed by atoms with van der Waals surface area (Å²) in [6.07, 6.45) is 2.15. The summed E-state index contributed by atoms with van der Waals surface area (Å²) in [5.41, 5.74) is 6.47. The Balaban J connectivity index is 1.90. The number of rotatable bonds is 5. The van der Waals surface area contributed by atoms with Crippen molar-refractivity contribution in [2.24, 2.45) is 5.92 Å². The van der Waals surface area contributed by atoms with Gasteiger partial charge >= 0.3 is 0 Å². The van der Waals surface area contributed by atoms with Crippen LogP contribution in [0.15, 0.2) is 18.2 Å². The van der Waals surface area contributed by atoms with Crippen molar-refractivity contribution >= 4 is 5.69 Å². The summed E-state index contributed by atoms with van der Waals surface area (Å²) >= 11 is 0. The van der Waals surface area contributed by atoms with Gasteiger partial charge in [-0.05, 0) is 37.8 Å². The molecule has 0 amide bonds. The molecule has 0 bridgehead atoms. The van der Waals surface area contributed by atoms with Crippen LogP contribution in [-0.4, -0.2) is 26.4 Å². The molecule has 0 unspecified atom stereocenters. The summed E-state index contributed by atoms with van der Waals surface area (Å²) in [6, 6.07) is 5.57. The van der Waals surface area contributed by atoms with Gasteiger partial charge in [0.1, 0.15) is 11.5 Å². The van der Waals surface area contributed by atoms with Gasteiger partial charge in [-0.15, -0.1) is 0 Å². The van der Waals surface area contributed by atoms with E-state index in [9.17, 15) is 0 Å². The molecule has 0 aromatic heterocycles. The third-order valence-corrected chi connectivity index (χ3v) is 3.11. The van der Waals surface area contributed by atoms with Crippen LogP contribution in [0.2, 0.25) is 0 Å². The van der Waals surface area contributed by atoms with E-state index in [0.29, 0.717) is 24.0 Å². The lowest BCUT2D eigenvalue weighted by Crippen LogP contribution is -2.21. The van der Waals surface area contributed by atoms with Crippen molar-refractivity contribution < 1.29 is 14.2 Å². The molecule has 0 atom stereocenters. The molecule has 1 aliphatic heterocycles. The average Bonchev–Trinajstić information content (AvgIpc) is 2.41. The van der Waals surface area contributed by atoms with E-state index in [2.05, 4.69) is 0 Å². The lowest BCUT2D eigenvalue weighted by molar-refractivity contribution is 0.0497. The van der Waals surface area contributed by atoms with Gasteiger partial charge in [-0.2, -0.15) is 0 Å². The fraction of sp³-hybridized carbons (Fsp3) is 0.571. The minimum atomic E-state index is 0.590. The molecule has 0 spiro atoms. The highest BCUT2D eigenvalue weighted by Crippen LogP contribution is 2.27. The van der Waals surface area contributed by atoms with Gasteiger partial charge in [0.25, 0.3) is 0 Å². The van der Waals surface area contributed by atoms with Crippen LogP contribution >= 0.6 is 0 Å². The highest BCUT2D eigenvalue weighted by molar-refractivity contribution is 5.55. The number of hydrogen-bond donors (Lipinski definition) is 1. The van der Waals surface area contributed by atoms with Gasteiger partial charge in [-0.3, -0.25) is 0 Å². The Morgan fingerprint density at radius 1 is 1.28 bits per heavy atom. The molecule has 2 rings (SSSR count). The monoisotopic (exact) mass is 251 g/mol. The Morgan fingerprint density at radius 2 is 2.06 bits per heavy atom. The molecule has 100 valence electrons. The molecule has 1 fully saturated rings. The maximum Gasteiger partial charge on any atom is 0.145 e. The lowest BCUT2D eigenvalue weighted by Gasteiger charge is -2.22. The van der Waals surface area contributed by atoms with Crippen LogP contribution in [0.3, 0.4) is 0 Å².